The largest absolute Gasteiger partial charge is 0.487 e. The van der Waals surface area contributed by atoms with E-state index in [1.807, 2.05) is 36.4 Å². The lowest BCUT2D eigenvalue weighted by Gasteiger charge is -2.33. The summed E-state index contributed by atoms with van der Waals surface area (Å²) in [7, 11) is 0. The highest BCUT2D eigenvalue weighted by Gasteiger charge is 2.31. The van der Waals surface area contributed by atoms with Crippen LogP contribution in [0.4, 0.5) is 8.78 Å². The minimum Gasteiger partial charge on any atom is -0.487 e. The Hall–Kier alpha value is -4.06. The van der Waals surface area contributed by atoms with Crippen LogP contribution in [0, 0.1) is 11.2 Å². The average molecular weight is 512 g/mol. The van der Waals surface area contributed by atoms with E-state index in [-0.39, 0.29) is 30.3 Å². The van der Waals surface area contributed by atoms with Gasteiger partial charge < -0.3 is 4.74 Å². The number of nitrogens with zero attached hydrogens (tertiary/aromatic N) is 3. The number of hydrogen-bond donors (Lipinski definition) is 0. The number of halogens is 2. The van der Waals surface area contributed by atoms with Gasteiger partial charge in [0.1, 0.15) is 24.8 Å². The molecular formula is C32H31F2N3O. The third kappa shape index (κ3) is 5.44. The number of pyridine rings is 1. The topological polar surface area (TPSA) is 39.9 Å². The van der Waals surface area contributed by atoms with E-state index in [0.717, 1.165) is 33.4 Å². The minimum atomic E-state index is -0.488. The van der Waals surface area contributed by atoms with Gasteiger partial charge in [0.25, 0.3) is 0 Å². The smallest absolute Gasteiger partial charge is 0.130 e. The lowest BCUT2D eigenvalue weighted by atomic mass is 9.71. The maximum Gasteiger partial charge on any atom is 0.130 e. The number of aromatic nitrogens is 3. The van der Waals surface area contributed by atoms with Crippen LogP contribution in [-0.2, 0) is 13.2 Å². The molecule has 0 saturated heterocycles. The van der Waals surface area contributed by atoms with Crippen LogP contribution in [0.2, 0.25) is 0 Å². The van der Waals surface area contributed by atoms with E-state index in [9.17, 15) is 8.78 Å². The van der Waals surface area contributed by atoms with Crippen LogP contribution in [0.15, 0.2) is 91.1 Å². The standard InChI is InChI=1S/C32H31F2N3O/c1-32(2,3)31(22-7-5-4-6-8-22)28-20-26(12-13-27(28)30-15-17-35-37(30)18-16-33)38-21-25-11-9-23-19-24(34)10-14-29(23)36-25/h4-15,17,19-20,31H,16,18,21H2,1-3H3. The highest BCUT2D eigenvalue weighted by atomic mass is 19.1. The highest BCUT2D eigenvalue weighted by Crippen LogP contribution is 2.45. The lowest BCUT2D eigenvalue weighted by molar-refractivity contribution is 0.300. The second-order valence-corrected chi connectivity index (χ2v) is 10.5. The van der Waals surface area contributed by atoms with Gasteiger partial charge in [0.05, 0.1) is 23.4 Å². The summed E-state index contributed by atoms with van der Waals surface area (Å²) in [5, 5.41) is 5.11. The Bertz CT molecular complexity index is 1540. The third-order valence-corrected chi connectivity index (χ3v) is 6.72. The Morgan fingerprint density at radius 2 is 1.74 bits per heavy atom. The fourth-order valence-corrected chi connectivity index (χ4v) is 5.09. The number of hydrogen-bond acceptors (Lipinski definition) is 3. The SMILES string of the molecule is CC(C)(C)C(c1ccccc1)c1cc(OCc2ccc3cc(F)ccc3n2)ccc1-c1ccnn1CCF. The highest BCUT2D eigenvalue weighted by molar-refractivity contribution is 5.78. The first-order chi connectivity index (χ1) is 18.3. The predicted molar refractivity (Wildman–Crippen MR) is 147 cm³/mol. The first-order valence-corrected chi connectivity index (χ1v) is 12.8. The molecule has 0 aliphatic rings. The quantitative estimate of drug-likeness (QED) is 0.212. The number of benzene rings is 3. The summed E-state index contributed by atoms with van der Waals surface area (Å²) in [6, 6.07) is 26.7. The van der Waals surface area contributed by atoms with Gasteiger partial charge in [0.2, 0.25) is 0 Å². The number of fused-ring (bicyclic) bond motifs is 1. The molecule has 0 spiro atoms. The normalized spacial score (nSPS) is 12.6. The van der Waals surface area contributed by atoms with Gasteiger partial charge in [-0.15, -0.1) is 0 Å². The van der Waals surface area contributed by atoms with Crippen molar-refractivity contribution in [3.8, 4) is 17.0 Å². The monoisotopic (exact) mass is 511 g/mol. The molecule has 2 aromatic heterocycles. The maximum atomic E-state index is 13.5. The molecule has 0 aliphatic heterocycles. The third-order valence-electron chi connectivity index (χ3n) is 6.72. The van der Waals surface area contributed by atoms with Gasteiger partial charge in [-0.2, -0.15) is 5.10 Å². The summed E-state index contributed by atoms with van der Waals surface area (Å²) in [6.45, 7) is 6.66. The molecule has 1 unspecified atom stereocenters. The van der Waals surface area contributed by atoms with E-state index in [1.165, 1.54) is 17.7 Å². The van der Waals surface area contributed by atoms with Crippen LogP contribution < -0.4 is 4.74 Å². The Balaban J connectivity index is 1.55. The van der Waals surface area contributed by atoms with Gasteiger partial charge in [-0.3, -0.25) is 4.68 Å². The van der Waals surface area contributed by atoms with Gasteiger partial charge in [0.15, 0.2) is 0 Å². The maximum absolute atomic E-state index is 13.5. The molecule has 1 atom stereocenters. The second-order valence-electron chi connectivity index (χ2n) is 10.5. The van der Waals surface area contributed by atoms with Crippen LogP contribution in [0.3, 0.4) is 0 Å². The molecule has 5 rings (SSSR count). The number of aryl methyl sites for hydroxylation is 1. The van der Waals surface area contributed by atoms with E-state index in [2.05, 4.69) is 61.2 Å². The second kappa shape index (κ2) is 10.7. The van der Waals surface area contributed by atoms with E-state index >= 15 is 0 Å². The zero-order valence-electron chi connectivity index (χ0n) is 21.9. The number of ether oxygens (including phenoxy) is 1. The molecule has 6 heteroatoms. The molecule has 0 saturated carbocycles. The van der Waals surface area contributed by atoms with Crippen molar-refractivity contribution in [1.82, 2.24) is 14.8 Å². The van der Waals surface area contributed by atoms with Crippen molar-refractivity contribution in [2.24, 2.45) is 5.41 Å². The van der Waals surface area contributed by atoms with E-state index < -0.39 is 6.67 Å². The number of alkyl halides is 1. The van der Waals surface area contributed by atoms with Gasteiger partial charge in [-0.1, -0.05) is 57.2 Å². The van der Waals surface area contributed by atoms with Crippen molar-refractivity contribution < 1.29 is 13.5 Å². The molecule has 194 valence electrons. The van der Waals surface area contributed by atoms with Gasteiger partial charge >= 0.3 is 0 Å². The molecule has 0 radical (unpaired) electrons. The Morgan fingerprint density at radius 3 is 2.50 bits per heavy atom. The molecule has 5 aromatic rings. The van der Waals surface area contributed by atoms with Crippen LogP contribution in [0.5, 0.6) is 5.75 Å². The summed E-state index contributed by atoms with van der Waals surface area (Å²) in [6.07, 6.45) is 1.71. The summed E-state index contributed by atoms with van der Waals surface area (Å²) < 4.78 is 34.8. The van der Waals surface area contributed by atoms with E-state index in [1.54, 1.807) is 16.9 Å². The van der Waals surface area contributed by atoms with Crippen molar-refractivity contribution in [2.45, 2.75) is 39.8 Å². The van der Waals surface area contributed by atoms with E-state index in [0.29, 0.717) is 5.75 Å². The van der Waals surface area contributed by atoms with Crippen LogP contribution >= 0.6 is 0 Å². The van der Waals surface area contributed by atoms with E-state index in [4.69, 9.17) is 4.74 Å². The number of rotatable bonds is 8. The summed E-state index contributed by atoms with van der Waals surface area (Å²) >= 11 is 0. The molecule has 0 fully saturated rings. The molecule has 38 heavy (non-hydrogen) atoms. The molecule has 0 bridgehead atoms. The molecular weight excluding hydrogens is 480 g/mol. The summed E-state index contributed by atoms with van der Waals surface area (Å²) in [5.41, 5.74) is 5.51. The summed E-state index contributed by atoms with van der Waals surface area (Å²) in [5.74, 6) is 0.478. The Labute approximate surface area is 221 Å². The zero-order valence-corrected chi connectivity index (χ0v) is 21.9. The van der Waals surface area contributed by atoms with Crippen LogP contribution in [0.25, 0.3) is 22.2 Å². The van der Waals surface area contributed by atoms with Crippen molar-refractivity contribution in [1.29, 1.82) is 0 Å². The van der Waals surface area contributed by atoms with Gasteiger partial charge in [-0.25, -0.2) is 13.8 Å². The summed E-state index contributed by atoms with van der Waals surface area (Å²) in [4.78, 5) is 4.63. The van der Waals surface area contributed by atoms with Crippen molar-refractivity contribution in [2.75, 3.05) is 6.67 Å². The van der Waals surface area contributed by atoms with Crippen molar-refractivity contribution in [3.05, 3.63) is 114 Å². The van der Waals surface area contributed by atoms with Crippen LogP contribution in [-0.4, -0.2) is 21.4 Å². The lowest BCUT2D eigenvalue weighted by Crippen LogP contribution is -2.21. The molecule has 3 aromatic carbocycles. The fourth-order valence-electron chi connectivity index (χ4n) is 5.09. The average Bonchev–Trinajstić information content (AvgIpc) is 3.36. The molecule has 0 aliphatic carbocycles. The first kappa shape index (κ1) is 25.6. The molecule has 0 N–H and O–H groups in total. The zero-order chi connectivity index (χ0) is 26.7. The van der Waals surface area contributed by atoms with Crippen LogP contribution in [0.1, 0.15) is 43.5 Å². The molecule has 2 heterocycles. The van der Waals surface area contributed by atoms with Crippen molar-refractivity contribution >= 4 is 10.9 Å². The Kier molecular flexibility index (Phi) is 7.23. The fraction of sp³-hybridized carbons (Fsp3) is 0.250. The predicted octanol–water partition coefficient (Wildman–Crippen LogP) is 7.96. The first-order valence-electron chi connectivity index (χ1n) is 12.8. The Morgan fingerprint density at radius 1 is 0.921 bits per heavy atom. The van der Waals surface area contributed by atoms with Gasteiger partial charge in [0, 0.05) is 23.1 Å². The molecule has 0 amide bonds. The minimum absolute atomic E-state index is 0.0460. The van der Waals surface area contributed by atoms with Crippen molar-refractivity contribution in [3.63, 3.8) is 0 Å². The van der Waals surface area contributed by atoms with Gasteiger partial charge in [-0.05, 0) is 65.1 Å². The molecule has 4 nitrogen and oxygen atoms in total.